The van der Waals surface area contributed by atoms with E-state index in [0.29, 0.717) is 0 Å². The molecule has 0 saturated carbocycles. The van der Waals surface area contributed by atoms with Gasteiger partial charge in [0, 0.05) is 5.56 Å². The molecular weight excluding hydrogens is 322 g/mol. The van der Waals surface area contributed by atoms with Crippen LogP contribution in [0.15, 0.2) is 36.4 Å². The van der Waals surface area contributed by atoms with Crippen molar-refractivity contribution in [1.82, 2.24) is 0 Å². The average molecular weight is 336 g/mol. The number of methoxy groups -OCH3 is 1. The minimum absolute atomic E-state index is 0.0136. The lowest BCUT2D eigenvalue weighted by Gasteiger charge is -2.18. The van der Waals surface area contributed by atoms with E-state index in [1.165, 1.54) is 25.3 Å². The number of benzene rings is 2. The van der Waals surface area contributed by atoms with Crippen molar-refractivity contribution in [3.8, 4) is 5.75 Å². The maximum atomic E-state index is 13.9. The third-order valence-corrected chi connectivity index (χ3v) is 3.31. The number of primary amides is 1. The smallest absolute Gasteiger partial charge is 0.330 e. The first-order valence-electron chi connectivity index (χ1n) is 6.75. The zero-order valence-corrected chi connectivity index (χ0v) is 12.5. The molecule has 126 valence electrons. The highest BCUT2D eigenvalue weighted by Gasteiger charge is 2.23. The first-order chi connectivity index (χ1) is 11.3. The third kappa shape index (κ3) is 3.60. The second-order valence-electron chi connectivity index (χ2n) is 4.87. The number of hydrogen-bond acceptors (Lipinski definition) is 4. The van der Waals surface area contributed by atoms with E-state index < -0.39 is 29.6 Å². The van der Waals surface area contributed by atoms with Crippen LogP contribution < -0.4 is 15.8 Å². The molecule has 1 amide bonds. The molecule has 1 unspecified atom stereocenters. The molecule has 4 N–H and O–H groups in total. The number of carboxylic acid groups (broad SMARTS) is 1. The molecule has 2 aromatic carbocycles. The maximum absolute atomic E-state index is 13.9. The lowest BCUT2D eigenvalue weighted by Crippen LogP contribution is -2.22. The van der Waals surface area contributed by atoms with Crippen LogP contribution in [0.25, 0.3) is 0 Å². The summed E-state index contributed by atoms with van der Waals surface area (Å²) >= 11 is 0. The number of aliphatic carboxylic acids is 1. The standard InChI is InChI=1S/C16H14F2N2O4/c1-24-13-7-8(2-5-11(13)18)14(16(22)23)20-12-6-9(15(19)21)3-4-10(12)17/h2-7,14,20H,1H3,(H2,19,21)(H,22,23). The van der Waals surface area contributed by atoms with Crippen molar-refractivity contribution in [1.29, 1.82) is 0 Å². The maximum Gasteiger partial charge on any atom is 0.330 e. The summed E-state index contributed by atoms with van der Waals surface area (Å²) in [6.07, 6.45) is 0. The van der Waals surface area contributed by atoms with E-state index in [1.807, 2.05) is 0 Å². The van der Waals surface area contributed by atoms with Gasteiger partial charge in [0.25, 0.3) is 0 Å². The fourth-order valence-electron chi connectivity index (χ4n) is 2.09. The Morgan fingerprint density at radius 2 is 1.83 bits per heavy atom. The average Bonchev–Trinajstić information content (AvgIpc) is 2.54. The molecule has 0 aliphatic carbocycles. The van der Waals surface area contributed by atoms with Gasteiger partial charge in [-0.1, -0.05) is 6.07 Å². The molecule has 8 heteroatoms. The number of nitrogens with two attached hydrogens (primary N) is 1. The van der Waals surface area contributed by atoms with Crippen molar-refractivity contribution in [2.75, 3.05) is 12.4 Å². The molecule has 0 aliphatic heterocycles. The highest BCUT2D eigenvalue weighted by atomic mass is 19.1. The number of carbonyl (C=O) groups excluding carboxylic acids is 1. The number of carbonyl (C=O) groups is 2. The Labute approximate surface area is 135 Å². The van der Waals surface area contributed by atoms with Crippen LogP contribution in [0.1, 0.15) is 22.0 Å². The SMILES string of the molecule is COc1cc(C(Nc2cc(C(N)=O)ccc2F)C(=O)O)ccc1F. The van der Waals surface area contributed by atoms with Gasteiger partial charge in [-0.15, -0.1) is 0 Å². The summed E-state index contributed by atoms with van der Waals surface area (Å²) in [5, 5.41) is 11.8. The Morgan fingerprint density at radius 3 is 2.42 bits per heavy atom. The summed E-state index contributed by atoms with van der Waals surface area (Å²) in [7, 11) is 1.24. The highest BCUT2D eigenvalue weighted by Crippen LogP contribution is 2.27. The van der Waals surface area contributed by atoms with E-state index in [4.69, 9.17) is 10.5 Å². The Morgan fingerprint density at radius 1 is 1.17 bits per heavy atom. The Bertz CT molecular complexity index is 796. The van der Waals surface area contributed by atoms with Crippen molar-refractivity contribution in [3.63, 3.8) is 0 Å². The topological polar surface area (TPSA) is 102 Å². The van der Waals surface area contributed by atoms with Gasteiger partial charge in [0.1, 0.15) is 5.82 Å². The van der Waals surface area contributed by atoms with Crippen LogP contribution in [-0.4, -0.2) is 24.1 Å². The fourth-order valence-corrected chi connectivity index (χ4v) is 2.09. The number of halogens is 2. The minimum atomic E-state index is -1.39. The van der Waals surface area contributed by atoms with Crippen LogP contribution in [0.2, 0.25) is 0 Å². The molecule has 0 bridgehead atoms. The molecule has 2 aromatic rings. The van der Waals surface area contributed by atoms with Gasteiger partial charge in [-0.2, -0.15) is 0 Å². The van der Waals surface area contributed by atoms with E-state index in [1.54, 1.807) is 0 Å². The van der Waals surface area contributed by atoms with Gasteiger partial charge in [-0.25, -0.2) is 13.6 Å². The minimum Gasteiger partial charge on any atom is -0.494 e. The van der Waals surface area contributed by atoms with Gasteiger partial charge in [-0.3, -0.25) is 4.79 Å². The molecule has 0 saturated heterocycles. The third-order valence-electron chi connectivity index (χ3n) is 3.31. The number of amides is 1. The normalized spacial score (nSPS) is 11.6. The molecule has 0 aliphatic rings. The molecule has 2 rings (SSSR count). The molecule has 0 heterocycles. The summed E-state index contributed by atoms with van der Waals surface area (Å²) in [5.41, 5.74) is 5.06. The van der Waals surface area contributed by atoms with E-state index in [2.05, 4.69) is 5.32 Å². The van der Waals surface area contributed by atoms with Crippen LogP contribution in [0.3, 0.4) is 0 Å². The Hall–Kier alpha value is -3.16. The number of rotatable bonds is 6. The quantitative estimate of drug-likeness (QED) is 0.751. The predicted octanol–water partition coefficient (Wildman–Crippen LogP) is 2.31. The molecule has 6 nitrogen and oxygen atoms in total. The summed E-state index contributed by atoms with van der Waals surface area (Å²) < 4.78 is 32.2. The molecule has 1 atom stereocenters. The first-order valence-corrected chi connectivity index (χ1v) is 6.75. The zero-order valence-electron chi connectivity index (χ0n) is 12.5. The number of nitrogens with one attached hydrogen (secondary N) is 1. The summed E-state index contributed by atoms with van der Waals surface area (Å²) in [6, 6.07) is 5.36. The second kappa shape index (κ2) is 6.95. The van der Waals surface area contributed by atoms with Crippen LogP contribution in [0, 0.1) is 11.6 Å². The second-order valence-corrected chi connectivity index (χ2v) is 4.87. The van der Waals surface area contributed by atoms with Crippen molar-refractivity contribution in [2.24, 2.45) is 5.73 Å². The van der Waals surface area contributed by atoms with Gasteiger partial charge in [0.2, 0.25) is 5.91 Å². The van der Waals surface area contributed by atoms with Crippen LogP contribution in [0.5, 0.6) is 5.75 Å². The van der Waals surface area contributed by atoms with Gasteiger partial charge >= 0.3 is 5.97 Å². The van der Waals surface area contributed by atoms with Crippen LogP contribution in [-0.2, 0) is 4.79 Å². The summed E-state index contributed by atoms with van der Waals surface area (Å²) in [5.74, 6) is -3.68. The van der Waals surface area contributed by atoms with Gasteiger partial charge in [0.15, 0.2) is 17.6 Å². The molecule has 0 spiro atoms. The molecule has 0 aromatic heterocycles. The molecule has 0 fully saturated rings. The lowest BCUT2D eigenvalue weighted by molar-refractivity contribution is -0.138. The Kier molecular flexibility index (Phi) is 4.98. The monoisotopic (exact) mass is 336 g/mol. The first kappa shape index (κ1) is 17.2. The van der Waals surface area contributed by atoms with Gasteiger partial charge < -0.3 is 20.9 Å². The summed E-state index contributed by atoms with van der Waals surface area (Å²) in [4.78, 5) is 22.7. The number of hydrogen-bond donors (Lipinski definition) is 3. The van der Waals surface area contributed by atoms with Crippen LogP contribution >= 0.6 is 0 Å². The van der Waals surface area contributed by atoms with Crippen molar-refractivity contribution in [2.45, 2.75) is 6.04 Å². The predicted molar refractivity (Wildman–Crippen MR) is 81.9 cm³/mol. The zero-order chi connectivity index (χ0) is 17.9. The Balaban J connectivity index is 2.41. The van der Waals surface area contributed by atoms with Crippen molar-refractivity contribution in [3.05, 3.63) is 59.2 Å². The lowest BCUT2D eigenvalue weighted by atomic mass is 10.1. The highest BCUT2D eigenvalue weighted by molar-refractivity contribution is 5.94. The number of anilines is 1. The molecule has 24 heavy (non-hydrogen) atoms. The molecule has 0 radical (unpaired) electrons. The fraction of sp³-hybridized carbons (Fsp3) is 0.125. The largest absolute Gasteiger partial charge is 0.494 e. The summed E-state index contributed by atoms with van der Waals surface area (Å²) in [6.45, 7) is 0. The van der Waals surface area contributed by atoms with Crippen molar-refractivity contribution >= 4 is 17.6 Å². The van der Waals surface area contributed by atoms with E-state index in [0.717, 1.165) is 18.2 Å². The van der Waals surface area contributed by atoms with E-state index in [9.17, 15) is 23.5 Å². The van der Waals surface area contributed by atoms with Crippen LogP contribution in [0.4, 0.5) is 14.5 Å². The van der Waals surface area contributed by atoms with Gasteiger partial charge in [0.05, 0.1) is 12.8 Å². The molecular formula is C16H14F2N2O4. The number of ether oxygens (including phenoxy) is 1. The van der Waals surface area contributed by atoms with Gasteiger partial charge in [-0.05, 0) is 35.9 Å². The van der Waals surface area contributed by atoms with E-state index in [-0.39, 0.29) is 22.6 Å². The van der Waals surface area contributed by atoms with E-state index >= 15 is 0 Å². The van der Waals surface area contributed by atoms with Crippen molar-refractivity contribution < 1.29 is 28.2 Å². The number of carboxylic acids is 1.